The van der Waals surface area contributed by atoms with Crippen molar-refractivity contribution >= 4 is 18.3 Å². The van der Waals surface area contributed by atoms with Crippen LogP contribution in [0.15, 0.2) is 6.20 Å². The molecule has 0 aromatic carbocycles. The Morgan fingerprint density at radius 3 is 2.79 bits per heavy atom. The topological polar surface area (TPSA) is 66.3 Å². The molecule has 0 radical (unpaired) electrons. The molecule has 2 fully saturated rings. The van der Waals surface area contributed by atoms with E-state index in [0.29, 0.717) is 12.6 Å². The molecule has 7 nitrogen and oxygen atoms in total. The third-order valence-electron chi connectivity index (χ3n) is 4.66. The third-order valence-corrected chi connectivity index (χ3v) is 4.66. The number of nitrogens with one attached hydrogen (secondary N) is 1. The first kappa shape index (κ1) is 19.1. The molecule has 2 aliphatic rings. The lowest BCUT2D eigenvalue weighted by atomic mass is 10.0. The second kappa shape index (κ2) is 7.80. The number of halogens is 1. The maximum Gasteiger partial charge on any atom is 0.236 e. The summed E-state index contributed by atoms with van der Waals surface area (Å²) in [5, 5.41) is 11.7. The number of piperidine rings is 1. The van der Waals surface area contributed by atoms with Gasteiger partial charge in [-0.1, -0.05) is 5.21 Å². The minimum Gasteiger partial charge on any atom is -0.336 e. The third kappa shape index (κ3) is 4.46. The molecule has 3 heterocycles. The van der Waals surface area contributed by atoms with Gasteiger partial charge >= 0.3 is 0 Å². The lowest BCUT2D eigenvalue weighted by molar-refractivity contribution is -0.135. The number of amides is 1. The fourth-order valence-electron chi connectivity index (χ4n) is 3.36. The average molecular weight is 357 g/mol. The van der Waals surface area contributed by atoms with E-state index in [-0.39, 0.29) is 23.9 Å². The Morgan fingerprint density at radius 2 is 2.12 bits per heavy atom. The number of nitrogens with zero attached hydrogens (tertiary/aromatic N) is 5. The van der Waals surface area contributed by atoms with Gasteiger partial charge in [-0.15, -0.1) is 17.5 Å². The van der Waals surface area contributed by atoms with Crippen molar-refractivity contribution in [2.75, 3.05) is 32.7 Å². The van der Waals surface area contributed by atoms with Crippen molar-refractivity contribution in [1.29, 1.82) is 0 Å². The van der Waals surface area contributed by atoms with Gasteiger partial charge in [-0.05, 0) is 40.2 Å². The van der Waals surface area contributed by atoms with E-state index in [1.54, 1.807) is 0 Å². The van der Waals surface area contributed by atoms with Crippen LogP contribution >= 0.6 is 12.4 Å². The van der Waals surface area contributed by atoms with E-state index in [1.165, 1.54) is 0 Å². The molecule has 2 saturated heterocycles. The average Bonchev–Trinajstić information content (AvgIpc) is 2.97. The van der Waals surface area contributed by atoms with E-state index in [9.17, 15) is 4.79 Å². The molecule has 1 amide bonds. The standard InChI is InChI=1S/C16H28N6O.ClH/c1-16(2,3)22-11-13(18-19-22)10-20-7-4-5-14(12-20)21-8-6-17-9-15(21)23;/h11,14,17H,4-10,12H2,1-3H3;1H. The van der Waals surface area contributed by atoms with Gasteiger partial charge in [0.25, 0.3) is 0 Å². The summed E-state index contributed by atoms with van der Waals surface area (Å²) in [4.78, 5) is 16.6. The van der Waals surface area contributed by atoms with E-state index in [4.69, 9.17) is 0 Å². The van der Waals surface area contributed by atoms with Crippen molar-refractivity contribution in [3.63, 3.8) is 0 Å². The molecular weight excluding hydrogens is 328 g/mol. The van der Waals surface area contributed by atoms with Crippen LogP contribution in [0, 0.1) is 0 Å². The fraction of sp³-hybridized carbons (Fsp3) is 0.812. The quantitative estimate of drug-likeness (QED) is 0.869. The molecule has 3 rings (SSSR count). The summed E-state index contributed by atoms with van der Waals surface area (Å²) < 4.78 is 1.92. The normalized spacial score (nSPS) is 23.2. The molecule has 2 aliphatic heterocycles. The van der Waals surface area contributed by atoms with Crippen molar-refractivity contribution in [3.8, 4) is 0 Å². The molecular formula is C16H29ClN6O. The summed E-state index contributed by atoms with van der Waals surface area (Å²) >= 11 is 0. The molecule has 0 saturated carbocycles. The monoisotopic (exact) mass is 356 g/mol. The van der Waals surface area contributed by atoms with E-state index in [2.05, 4.69) is 46.2 Å². The summed E-state index contributed by atoms with van der Waals surface area (Å²) in [6, 6.07) is 0.344. The Hall–Kier alpha value is -1.18. The van der Waals surface area contributed by atoms with Crippen LogP contribution in [-0.4, -0.2) is 69.5 Å². The van der Waals surface area contributed by atoms with Gasteiger partial charge in [0.05, 0.1) is 24.0 Å². The number of rotatable bonds is 3. The lowest BCUT2D eigenvalue weighted by Crippen LogP contribution is -2.56. The van der Waals surface area contributed by atoms with Crippen LogP contribution < -0.4 is 5.32 Å². The van der Waals surface area contributed by atoms with Gasteiger partial charge in [-0.2, -0.15) is 0 Å². The highest BCUT2D eigenvalue weighted by molar-refractivity contribution is 5.85. The Morgan fingerprint density at radius 1 is 1.33 bits per heavy atom. The summed E-state index contributed by atoms with van der Waals surface area (Å²) in [6.45, 7) is 11.4. The number of hydrogen-bond acceptors (Lipinski definition) is 5. The highest BCUT2D eigenvalue weighted by Gasteiger charge is 2.30. The van der Waals surface area contributed by atoms with Gasteiger partial charge in [0, 0.05) is 32.2 Å². The van der Waals surface area contributed by atoms with Crippen LogP contribution in [0.1, 0.15) is 39.3 Å². The molecule has 136 valence electrons. The Bertz CT molecular complexity index is 555. The van der Waals surface area contributed by atoms with Crippen LogP contribution in [0.4, 0.5) is 0 Å². The lowest BCUT2D eigenvalue weighted by Gasteiger charge is -2.40. The van der Waals surface area contributed by atoms with Crippen molar-refractivity contribution in [2.45, 2.75) is 51.7 Å². The highest BCUT2D eigenvalue weighted by atomic mass is 35.5. The minimum absolute atomic E-state index is 0. The predicted octanol–water partition coefficient (Wildman–Crippen LogP) is 0.851. The molecule has 1 aromatic heterocycles. The van der Waals surface area contributed by atoms with Crippen molar-refractivity contribution < 1.29 is 4.79 Å². The first-order valence-electron chi connectivity index (χ1n) is 8.58. The summed E-state index contributed by atoms with van der Waals surface area (Å²) in [5.74, 6) is 0.238. The number of hydrogen-bond donors (Lipinski definition) is 1. The second-order valence-corrected chi connectivity index (χ2v) is 7.62. The Balaban J connectivity index is 0.00000208. The van der Waals surface area contributed by atoms with Gasteiger partial charge in [-0.3, -0.25) is 9.69 Å². The molecule has 1 aromatic rings. The summed E-state index contributed by atoms with van der Waals surface area (Å²) in [7, 11) is 0. The van der Waals surface area contributed by atoms with Gasteiger partial charge in [0.15, 0.2) is 0 Å². The molecule has 24 heavy (non-hydrogen) atoms. The van der Waals surface area contributed by atoms with E-state index in [1.807, 2.05) is 10.9 Å². The number of likely N-dealkylation sites (tertiary alicyclic amines) is 1. The van der Waals surface area contributed by atoms with Gasteiger partial charge in [-0.25, -0.2) is 4.68 Å². The zero-order chi connectivity index (χ0) is 16.4. The smallest absolute Gasteiger partial charge is 0.236 e. The SMILES string of the molecule is CC(C)(C)n1cc(CN2CCCC(N3CCNCC3=O)C2)nn1.Cl. The number of carbonyl (C=O) groups excluding carboxylic acids is 1. The molecule has 1 atom stereocenters. The van der Waals surface area contributed by atoms with E-state index >= 15 is 0 Å². The molecule has 8 heteroatoms. The molecule has 1 N–H and O–H groups in total. The van der Waals surface area contributed by atoms with Crippen molar-refractivity contribution in [3.05, 3.63) is 11.9 Å². The number of aromatic nitrogens is 3. The van der Waals surface area contributed by atoms with Crippen LogP contribution in [0.2, 0.25) is 0 Å². The predicted molar refractivity (Wildman–Crippen MR) is 95.1 cm³/mol. The first-order valence-corrected chi connectivity index (χ1v) is 8.58. The van der Waals surface area contributed by atoms with Crippen LogP contribution in [0.25, 0.3) is 0 Å². The Kier molecular flexibility index (Phi) is 6.22. The zero-order valence-electron chi connectivity index (χ0n) is 14.9. The van der Waals surface area contributed by atoms with Crippen molar-refractivity contribution in [1.82, 2.24) is 30.1 Å². The maximum atomic E-state index is 12.1. The fourth-order valence-corrected chi connectivity index (χ4v) is 3.36. The first-order chi connectivity index (χ1) is 10.9. The van der Waals surface area contributed by atoms with Crippen molar-refractivity contribution in [2.24, 2.45) is 0 Å². The highest BCUT2D eigenvalue weighted by Crippen LogP contribution is 2.19. The summed E-state index contributed by atoms with van der Waals surface area (Å²) in [5.41, 5.74) is 0.968. The molecule has 0 spiro atoms. The molecule has 1 unspecified atom stereocenters. The summed E-state index contributed by atoms with van der Waals surface area (Å²) in [6.07, 6.45) is 4.28. The van der Waals surface area contributed by atoms with Gasteiger partial charge in [0.2, 0.25) is 5.91 Å². The second-order valence-electron chi connectivity index (χ2n) is 7.62. The maximum absolute atomic E-state index is 12.1. The van der Waals surface area contributed by atoms with Crippen LogP contribution in [0.5, 0.6) is 0 Å². The van der Waals surface area contributed by atoms with Crippen LogP contribution in [-0.2, 0) is 16.9 Å². The number of carbonyl (C=O) groups is 1. The molecule has 0 aliphatic carbocycles. The Labute approximate surface area is 150 Å². The molecule has 0 bridgehead atoms. The van der Waals surface area contributed by atoms with E-state index < -0.39 is 0 Å². The van der Waals surface area contributed by atoms with Crippen LogP contribution in [0.3, 0.4) is 0 Å². The zero-order valence-corrected chi connectivity index (χ0v) is 15.7. The largest absolute Gasteiger partial charge is 0.336 e. The van der Waals surface area contributed by atoms with E-state index in [0.717, 1.165) is 51.3 Å². The van der Waals surface area contributed by atoms with Gasteiger partial charge < -0.3 is 10.2 Å². The van der Waals surface area contributed by atoms with Gasteiger partial charge in [0.1, 0.15) is 0 Å². The number of piperazine rings is 1. The minimum atomic E-state index is -0.0388.